The van der Waals surface area contributed by atoms with Crippen molar-refractivity contribution in [2.75, 3.05) is 165 Å². The van der Waals surface area contributed by atoms with Crippen molar-refractivity contribution in [1.82, 2.24) is 14.7 Å². The van der Waals surface area contributed by atoms with Crippen molar-refractivity contribution in [2.45, 2.75) is 42.4 Å². The van der Waals surface area contributed by atoms with Crippen LogP contribution >= 0.6 is 0 Å². The summed E-state index contributed by atoms with van der Waals surface area (Å²) in [5.74, 6) is -13.3. The van der Waals surface area contributed by atoms with Gasteiger partial charge in [0.2, 0.25) is 40.2 Å². The molecule has 0 spiro atoms. The number of carbonyl (C=O) groups excluding carboxylic acids is 3. The summed E-state index contributed by atoms with van der Waals surface area (Å²) >= 11 is 0. The van der Waals surface area contributed by atoms with Crippen LogP contribution in [-0.4, -0.2) is 220 Å². The van der Waals surface area contributed by atoms with Crippen molar-refractivity contribution < 1.29 is 115 Å². The van der Waals surface area contributed by atoms with Crippen LogP contribution < -0.4 is 15.8 Å². The van der Waals surface area contributed by atoms with Crippen LogP contribution in [0.4, 0.5) is 27.6 Å². The van der Waals surface area contributed by atoms with E-state index in [1.165, 1.54) is 10.4 Å². The lowest BCUT2D eigenvalue weighted by atomic mass is 10.0. The molecule has 2 aliphatic rings. The second kappa shape index (κ2) is 38.7. The molecule has 0 atom stereocenters. The summed E-state index contributed by atoms with van der Waals surface area (Å²) in [6.45, 7) is 7.10. The molecule has 0 unspecified atom stereocenters. The minimum Gasteiger partial charge on any atom is -0.420 e. The van der Waals surface area contributed by atoms with Crippen LogP contribution in [0.3, 0.4) is 0 Å². The fourth-order valence-corrected chi connectivity index (χ4v) is 10.3. The van der Waals surface area contributed by atoms with Crippen LogP contribution in [0.2, 0.25) is 0 Å². The Morgan fingerprint density at radius 2 is 1.14 bits per heavy atom. The number of nitrogens with two attached hydrogens (primary N) is 1. The average Bonchev–Trinajstić information content (AvgIpc) is 1.11. The molecular weight excluding hydrogens is 1210 g/mol. The molecule has 25 nitrogen and oxygen atoms in total. The zero-order valence-corrected chi connectivity index (χ0v) is 49.7. The van der Waals surface area contributed by atoms with Gasteiger partial charge in [-0.3, -0.25) is 18.9 Å². The molecule has 1 fully saturated rings. The number of alkyl halides is 1. The molecule has 2 heterocycles. The molecule has 0 saturated carbocycles. The zero-order valence-electron chi connectivity index (χ0n) is 48.0. The van der Waals surface area contributed by atoms with Crippen molar-refractivity contribution in [3.8, 4) is 16.9 Å². The largest absolute Gasteiger partial charge is 0.420 e. The number of hydrogen-bond donors (Lipinski definition) is 3. The van der Waals surface area contributed by atoms with Crippen LogP contribution in [0.1, 0.15) is 38.2 Å². The number of halogens is 5. The van der Waals surface area contributed by atoms with E-state index in [1.54, 1.807) is 42.5 Å². The number of ether oxygens (including phenoxy) is 11. The van der Waals surface area contributed by atoms with E-state index in [0.29, 0.717) is 133 Å². The molecule has 3 aromatic rings. The highest BCUT2D eigenvalue weighted by molar-refractivity contribution is 7.89. The van der Waals surface area contributed by atoms with Gasteiger partial charge in [0, 0.05) is 56.1 Å². The summed E-state index contributed by atoms with van der Waals surface area (Å²) in [5.41, 5.74) is 8.89. The third-order valence-corrected chi connectivity index (χ3v) is 15.1. The van der Waals surface area contributed by atoms with Gasteiger partial charge in [-0.05, 0) is 41.8 Å². The van der Waals surface area contributed by atoms with Gasteiger partial charge in [0.1, 0.15) is 5.84 Å². The molecule has 5 rings (SSSR count). The molecule has 2 amide bonds. The molecule has 2 aliphatic heterocycles. The summed E-state index contributed by atoms with van der Waals surface area (Å²) in [6.07, 6.45) is 1.79. The van der Waals surface area contributed by atoms with E-state index in [1.807, 2.05) is 6.92 Å². The Hall–Kier alpha value is -5.69. The first-order valence-electron chi connectivity index (χ1n) is 27.7. The normalized spacial score (nSPS) is 13.8. The maximum Gasteiger partial charge on any atom is 0.313 e. The number of carbonyl (C=O) groups is 3. The van der Waals surface area contributed by atoms with Gasteiger partial charge in [-0.15, -0.1) is 0 Å². The van der Waals surface area contributed by atoms with Gasteiger partial charge in [-0.1, -0.05) is 31.2 Å². The monoisotopic (exact) mass is 1280 g/mol. The number of nitrogens with zero attached hydrogens (tertiary/aromatic N) is 3. The van der Waals surface area contributed by atoms with Crippen molar-refractivity contribution in [2.24, 2.45) is 16.6 Å². The van der Waals surface area contributed by atoms with E-state index < -0.39 is 79.2 Å². The molecule has 87 heavy (non-hydrogen) atoms. The van der Waals surface area contributed by atoms with E-state index in [0.717, 1.165) is 5.06 Å². The minimum absolute atomic E-state index is 0.00867. The second-order valence-electron chi connectivity index (χ2n) is 18.9. The maximum absolute atomic E-state index is 14.0. The van der Waals surface area contributed by atoms with Gasteiger partial charge < -0.3 is 63.2 Å². The van der Waals surface area contributed by atoms with E-state index in [4.69, 9.17) is 62.5 Å². The van der Waals surface area contributed by atoms with Crippen LogP contribution in [0.5, 0.6) is 5.75 Å². The summed E-state index contributed by atoms with van der Waals surface area (Å²) in [5, 5.41) is 3.82. The number of benzene rings is 3. The molecule has 0 bridgehead atoms. The Bertz CT molecular complexity index is 2930. The number of fused-ring (bicyclic) bond motifs is 1. The number of rotatable bonds is 45. The average molecular weight is 1280 g/mol. The van der Waals surface area contributed by atoms with Crippen molar-refractivity contribution >= 4 is 55.5 Å². The number of amides is 2. The lowest BCUT2D eigenvalue weighted by Crippen LogP contribution is -2.53. The lowest BCUT2D eigenvalue weighted by molar-refractivity contribution is -0.196. The third-order valence-electron chi connectivity index (χ3n) is 12.4. The van der Waals surface area contributed by atoms with E-state index in [-0.39, 0.29) is 94.7 Å². The van der Waals surface area contributed by atoms with E-state index >= 15 is 0 Å². The van der Waals surface area contributed by atoms with Gasteiger partial charge in [0.25, 0.3) is 5.91 Å². The number of hydroxylamine groups is 2. The Morgan fingerprint density at radius 1 is 0.667 bits per heavy atom. The number of nitrogens with one attached hydrogen (secondary N) is 1. The first-order chi connectivity index (χ1) is 41.8. The smallest absolute Gasteiger partial charge is 0.313 e. The predicted octanol–water partition coefficient (Wildman–Crippen LogP) is 4.32. The van der Waals surface area contributed by atoms with Crippen LogP contribution in [-0.2, 0) is 86.7 Å². The summed E-state index contributed by atoms with van der Waals surface area (Å²) in [7, 11) is -9.48. The Morgan fingerprint density at radius 3 is 1.61 bits per heavy atom. The molecule has 4 N–H and O–H groups in total. The highest BCUT2D eigenvalue weighted by Gasteiger charge is 2.37. The molecule has 1 saturated heterocycles. The quantitative estimate of drug-likeness (QED) is 0.0135. The summed E-state index contributed by atoms with van der Waals surface area (Å²) in [6, 6.07) is 11.9. The van der Waals surface area contributed by atoms with Gasteiger partial charge in [-0.2, -0.15) is 21.5 Å². The molecule has 0 aromatic heterocycles. The Kier molecular flexibility index (Phi) is 32.0. The lowest BCUT2D eigenvalue weighted by Gasteiger charge is -2.38. The molecule has 3 aromatic carbocycles. The molecule has 0 radical (unpaired) electrons. The zero-order chi connectivity index (χ0) is 63.0. The molecule has 32 heteroatoms. The van der Waals surface area contributed by atoms with Gasteiger partial charge >= 0.3 is 16.1 Å². The van der Waals surface area contributed by atoms with Gasteiger partial charge in [0.05, 0.1) is 149 Å². The van der Waals surface area contributed by atoms with Gasteiger partial charge in [-0.25, -0.2) is 36.5 Å². The Balaban J connectivity index is 0.753. The number of esters is 1. The second-order valence-corrected chi connectivity index (χ2v) is 22.2. The molecular formula is C55H74F5N5O20S2. The first-order valence-corrected chi connectivity index (χ1v) is 30.6. The van der Waals surface area contributed by atoms with Crippen LogP contribution in [0, 0.1) is 29.2 Å². The predicted molar refractivity (Wildman–Crippen MR) is 299 cm³/mol. The van der Waals surface area contributed by atoms with Crippen molar-refractivity contribution in [1.29, 1.82) is 0 Å². The fraction of sp³-hybridized carbons (Fsp3) is 0.564. The Labute approximate surface area is 501 Å². The topological polar surface area (TPSA) is 307 Å². The highest BCUT2D eigenvalue weighted by atomic mass is 32.2. The highest BCUT2D eigenvalue weighted by Crippen LogP contribution is 2.35. The fourth-order valence-electron chi connectivity index (χ4n) is 8.01. The number of amidine groups is 1. The van der Waals surface area contributed by atoms with E-state index in [2.05, 4.69) is 15.0 Å². The number of aliphatic imine (C=N–C) groups is 1. The number of sulfonamides is 1. The van der Waals surface area contributed by atoms with Crippen molar-refractivity contribution in [3.63, 3.8) is 0 Å². The van der Waals surface area contributed by atoms with Gasteiger partial charge in [0.15, 0.2) is 16.5 Å². The first kappa shape index (κ1) is 72.1. The van der Waals surface area contributed by atoms with Crippen molar-refractivity contribution in [3.05, 3.63) is 76.9 Å². The molecule has 0 aliphatic carbocycles. The van der Waals surface area contributed by atoms with Crippen LogP contribution in [0.15, 0.2) is 62.8 Å². The SMILES string of the molecule is CCCN(OCF)C(=O)C1=Cc2ccc(-c3cccc(S(=O)(=O)N4CC(CNC(=O)CCOCCOCCOCCOCCOCCOCCOCCOCCOCCOCCC(=O)Oc5c(F)c(F)c(S(=O)(=O)O)c(F)c5F)C4)c3)cc2N=C(N)C1. The maximum atomic E-state index is 14.0. The standard InChI is InChI=1S/C55H74F5N5O20S2/c1-2-10-65(84-38-56)55(68)43-31-42-7-6-41(33-45(42)63-46(61)34-43)40-4-3-5-44(32-40)86(69,70)64-36-39(37-64)35-62-47(66)8-11-74-13-15-76-17-19-78-21-23-80-25-27-82-29-30-83-28-26-81-24-22-79-20-18-77-16-14-75-12-9-48(67)85-53-49(57)51(59)54(87(71,72)73)52(60)50(53)58/h3-7,31-33,39H,2,8-30,34-38H2,1H3,(H2,61,63)(H,62,66)(H,71,72,73). The molecule has 486 valence electrons. The number of hydrogen-bond acceptors (Lipinski definition) is 21. The van der Waals surface area contributed by atoms with E-state index in [9.17, 15) is 53.2 Å². The van der Waals surface area contributed by atoms with Crippen LogP contribution in [0.25, 0.3) is 17.2 Å². The minimum atomic E-state index is -5.66. The summed E-state index contributed by atoms with van der Waals surface area (Å²) < 4.78 is 186. The third kappa shape index (κ3) is 24.7. The summed E-state index contributed by atoms with van der Waals surface area (Å²) in [4.78, 5) is 44.7.